The molecular formula is C17H29KN2. The summed E-state index contributed by atoms with van der Waals surface area (Å²) in [4.78, 5) is 5.11. The first-order valence-corrected chi connectivity index (χ1v) is 7.63. The zero-order valence-corrected chi connectivity index (χ0v) is 17.0. The molecule has 1 aliphatic rings. The molecule has 1 aliphatic heterocycles. The molecule has 1 heterocycles. The van der Waals surface area contributed by atoms with Crippen LogP contribution in [0.3, 0.4) is 0 Å². The minimum atomic E-state index is 0. The summed E-state index contributed by atoms with van der Waals surface area (Å²) in [6.45, 7) is 17.4. The van der Waals surface area contributed by atoms with Gasteiger partial charge in [0.2, 0.25) is 0 Å². The van der Waals surface area contributed by atoms with Gasteiger partial charge in [-0.15, -0.1) is 12.1 Å². The van der Waals surface area contributed by atoms with E-state index in [1.807, 2.05) is 13.8 Å². The van der Waals surface area contributed by atoms with E-state index in [4.69, 9.17) is 0 Å². The van der Waals surface area contributed by atoms with Crippen LogP contribution in [0, 0.1) is 6.92 Å². The molecule has 0 saturated carbocycles. The number of hydrogen-bond acceptors (Lipinski definition) is 2. The summed E-state index contributed by atoms with van der Waals surface area (Å²) in [6, 6.07) is 8.59. The predicted octanol–water partition coefficient (Wildman–Crippen LogP) is 0.427. The number of rotatable bonds is 4. The summed E-state index contributed by atoms with van der Waals surface area (Å²) >= 11 is 0. The topological polar surface area (TPSA) is 6.48 Å². The second-order valence-corrected chi connectivity index (χ2v) is 4.93. The van der Waals surface area contributed by atoms with Crippen LogP contribution in [-0.2, 0) is 6.54 Å². The smallest absolute Gasteiger partial charge is 0.301 e. The van der Waals surface area contributed by atoms with Crippen molar-refractivity contribution in [3.8, 4) is 0 Å². The van der Waals surface area contributed by atoms with Gasteiger partial charge in [0.25, 0.3) is 0 Å². The largest absolute Gasteiger partial charge is 1.00 e. The molecule has 2 rings (SSSR count). The molecule has 0 bridgehead atoms. The number of nitrogens with zero attached hydrogens (tertiary/aromatic N) is 2. The fourth-order valence-corrected chi connectivity index (χ4v) is 2.39. The van der Waals surface area contributed by atoms with Crippen molar-refractivity contribution in [2.45, 2.75) is 33.7 Å². The standard InChI is InChI=1S/C15H23N2.C2H6.K/c1-3-8-16-9-11-17(12-10-16)13-15-6-4-14(2)5-7-15;1-2;/h4-7H,2-3,8-13H2,1H3;1-2H3;/q-1;;+1. The van der Waals surface area contributed by atoms with Crippen LogP contribution in [0.1, 0.15) is 38.3 Å². The van der Waals surface area contributed by atoms with E-state index in [-0.39, 0.29) is 51.4 Å². The Kier molecular flexibility index (Phi) is 12.6. The maximum Gasteiger partial charge on any atom is 1.00 e. The van der Waals surface area contributed by atoms with Crippen LogP contribution < -0.4 is 51.4 Å². The molecule has 0 unspecified atom stereocenters. The van der Waals surface area contributed by atoms with Crippen LogP contribution in [0.5, 0.6) is 0 Å². The van der Waals surface area contributed by atoms with Gasteiger partial charge in [0, 0.05) is 32.7 Å². The van der Waals surface area contributed by atoms with Crippen LogP contribution >= 0.6 is 0 Å². The Morgan fingerprint density at radius 2 is 1.45 bits per heavy atom. The van der Waals surface area contributed by atoms with E-state index in [1.165, 1.54) is 44.7 Å². The van der Waals surface area contributed by atoms with Gasteiger partial charge in [-0.05, 0) is 13.0 Å². The first kappa shape index (κ1) is 20.6. The molecule has 20 heavy (non-hydrogen) atoms. The molecule has 1 aromatic rings. The van der Waals surface area contributed by atoms with Crippen molar-refractivity contribution in [3.63, 3.8) is 0 Å². The van der Waals surface area contributed by atoms with E-state index in [1.54, 1.807) is 0 Å². The molecule has 1 aromatic carbocycles. The average molecular weight is 301 g/mol. The predicted molar refractivity (Wildman–Crippen MR) is 84.3 cm³/mol. The van der Waals surface area contributed by atoms with Crippen molar-refractivity contribution in [2.24, 2.45) is 0 Å². The molecule has 0 radical (unpaired) electrons. The van der Waals surface area contributed by atoms with Gasteiger partial charge in [-0.2, -0.15) is 24.6 Å². The summed E-state index contributed by atoms with van der Waals surface area (Å²) in [5, 5.41) is 0. The maximum atomic E-state index is 3.92. The number of hydrogen-bond donors (Lipinski definition) is 0. The van der Waals surface area contributed by atoms with Crippen LogP contribution in [0.15, 0.2) is 24.3 Å². The SMILES string of the molecule is CC.[CH2-]c1ccc(CN2CCN(CCC)CC2)cc1.[K+]. The van der Waals surface area contributed by atoms with Crippen LogP contribution in [0.2, 0.25) is 0 Å². The molecule has 3 heteroatoms. The maximum absolute atomic E-state index is 3.92. The van der Waals surface area contributed by atoms with Gasteiger partial charge in [-0.1, -0.05) is 26.3 Å². The average Bonchev–Trinajstić information content (AvgIpc) is 2.46. The summed E-state index contributed by atoms with van der Waals surface area (Å²) in [5.41, 5.74) is 2.50. The van der Waals surface area contributed by atoms with Crippen LogP contribution in [0.25, 0.3) is 0 Å². The number of benzene rings is 1. The quantitative estimate of drug-likeness (QED) is 0.588. The van der Waals surface area contributed by atoms with Gasteiger partial charge in [-0.25, -0.2) is 0 Å². The van der Waals surface area contributed by atoms with E-state index < -0.39 is 0 Å². The normalized spacial score (nSPS) is 15.9. The van der Waals surface area contributed by atoms with Gasteiger partial charge in [0.1, 0.15) is 0 Å². The van der Waals surface area contributed by atoms with Crippen molar-refractivity contribution in [2.75, 3.05) is 32.7 Å². The molecular weight excluding hydrogens is 271 g/mol. The molecule has 0 aliphatic carbocycles. The molecule has 2 nitrogen and oxygen atoms in total. The Labute approximate surface area is 168 Å². The summed E-state index contributed by atoms with van der Waals surface area (Å²) < 4.78 is 0. The van der Waals surface area contributed by atoms with E-state index in [0.717, 1.165) is 12.1 Å². The van der Waals surface area contributed by atoms with Gasteiger partial charge in [0.15, 0.2) is 0 Å². The molecule has 0 aromatic heterocycles. The second kappa shape index (κ2) is 12.2. The zero-order valence-electron chi connectivity index (χ0n) is 13.9. The molecule has 1 saturated heterocycles. The fourth-order valence-electron chi connectivity index (χ4n) is 2.39. The Hall–Kier alpha value is 0.646. The molecule has 108 valence electrons. The Morgan fingerprint density at radius 1 is 0.950 bits per heavy atom. The first-order valence-electron chi connectivity index (χ1n) is 7.63. The third-order valence-corrected chi connectivity index (χ3v) is 3.43. The van der Waals surface area contributed by atoms with Crippen molar-refractivity contribution in [3.05, 3.63) is 42.3 Å². The third kappa shape index (κ3) is 7.60. The van der Waals surface area contributed by atoms with E-state index in [2.05, 4.69) is 47.9 Å². The second-order valence-electron chi connectivity index (χ2n) is 4.93. The Balaban J connectivity index is 0.00000115. The van der Waals surface area contributed by atoms with Gasteiger partial charge < -0.3 is 4.90 Å². The molecule has 0 amide bonds. The summed E-state index contributed by atoms with van der Waals surface area (Å²) in [5.74, 6) is 0. The fraction of sp³-hybridized carbons (Fsp3) is 0.588. The molecule has 1 fully saturated rings. The van der Waals surface area contributed by atoms with Gasteiger partial charge >= 0.3 is 51.4 Å². The third-order valence-electron chi connectivity index (χ3n) is 3.43. The minimum Gasteiger partial charge on any atom is -0.301 e. The Morgan fingerprint density at radius 3 is 1.95 bits per heavy atom. The van der Waals surface area contributed by atoms with E-state index in [9.17, 15) is 0 Å². The van der Waals surface area contributed by atoms with Crippen molar-refractivity contribution >= 4 is 0 Å². The zero-order chi connectivity index (χ0) is 14.1. The summed E-state index contributed by atoms with van der Waals surface area (Å²) in [7, 11) is 0. The van der Waals surface area contributed by atoms with Gasteiger partial charge in [0.05, 0.1) is 0 Å². The molecule has 0 atom stereocenters. The van der Waals surface area contributed by atoms with Crippen molar-refractivity contribution in [1.29, 1.82) is 0 Å². The summed E-state index contributed by atoms with van der Waals surface area (Å²) in [6.07, 6.45) is 1.27. The Bertz CT molecular complexity index is 329. The van der Waals surface area contributed by atoms with E-state index >= 15 is 0 Å². The molecule has 0 spiro atoms. The minimum absolute atomic E-state index is 0. The molecule has 0 N–H and O–H groups in total. The van der Waals surface area contributed by atoms with Crippen LogP contribution in [-0.4, -0.2) is 42.5 Å². The van der Waals surface area contributed by atoms with Crippen LogP contribution in [0.4, 0.5) is 0 Å². The van der Waals surface area contributed by atoms with Crippen molar-refractivity contribution in [1.82, 2.24) is 9.80 Å². The van der Waals surface area contributed by atoms with Crippen molar-refractivity contribution < 1.29 is 51.4 Å². The monoisotopic (exact) mass is 300 g/mol. The number of piperazine rings is 1. The first-order chi connectivity index (χ1) is 9.28. The van der Waals surface area contributed by atoms with E-state index in [0.29, 0.717) is 0 Å². The van der Waals surface area contributed by atoms with Gasteiger partial charge in [-0.3, -0.25) is 4.90 Å².